The number of aliphatic imine (C=N–C) groups is 1. The van der Waals surface area contributed by atoms with Gasteiger partial charge in [0.15, 0.2) is 5.96 Å². The maximum Gasteiger partial charge on any atom is 0.411 e. The molecule has 1 aromatic heterocycles. The standard InChI is InChI=1S/C16H27F3N4O2.HI/c1-4-13-12(14(5-2)25-23-13)10-22-15(20-6-3)21-8-7-9-24-11-16(17,18)19;/h4-11H2,1-3H3,(H2,20,21,22);1H. The van der Waals surface area contributed by atoms with Gasteiger partial charge >= 0.3 is 6.18 Å². The first-order valence-corrected chi connectivity index (χ1v) is 8.54. The molecule has 1 aromatic rings. The Bertz CT molecular complexity index is 515. The Balaban J connectivity index is 0.00000625. The zero-order valence-corrected chi connectivity index (χ0v) is 17.7. The number of alkyl halides is 3. The van der Waals surface area contributed by atoms with Crippen molar-refractivity contribution in [3.05, 3.63) is 17.0 Å². The summed E-state index contributed by atoms with van der Waals surface area (Å²) in [5, 5.41) is 10.2. The number of nitrogens with zero attached hydrogens (tertiary/aromatic N) is 2. The molecule has 0 bridgehead atoms. The first-order valence-electron chi connectivity index (χ1n) is 8.54. The molecule has 1 rings (SSSR count). The van der Waals surface area contributed by atoms with Crippen molar-refractivity contribution in [3.63, 3.8) is 0 Å². The minimum Gasteiger partial charge on any atom is -0.372 e. The van der Waals surface area contributed by atoms with Crippen molar-refractivity contribution < 1.29 is 22.4 Å². The molecule has 0 aliphatic rings. The average molecular weight is 492 g/mol. The van der Waals surface area contributed by atoms with Gasteiger partial charge in [0, 0.05) is 31.7 Å². The zero-order valence-electron chi connectivity index (χ0n) is 15.4. The Hall–Kier alpha value is -1.04. The maximum absolute atomic E-state index is 12.0. The molecule has 0 aromatic carbocycles. The van der Waals surface area contributed by atoms with Gasteiger partial charge in [0.2, 0.25) is 0 Å². The Morgan fingerprint density at radius 3 is 2.50 bits per heavy atom. The highest BCUT2D eigenvalue weighted by Gasteiger charge is 2.27. The molecule has 10 heteroatoms. The van der Waals surface area contributed by atoms with Crippen molar-refractivity contribution in [2.24, 2.45) is 4.99 Å². The number of ether oxygens (including phenoxy) is 1. The Labute approximate surface area is 169 Å². The van der Waals surface area contributed by atoms with Gasteiger partial charge < -0.3 is 19.9 Å². The number of hydrogen-bond acceptors (Lipinski definition) is 4. The quantitative estimate of drug-likeness (QED) is 0.227. The van der Waals surface area contributed by atoms with Crippen LogP contribution in [0.1, 0.15) is 44.2 Å². The van der Waals surface area contributed by atoms with Crippen LogP contribution in [0.3, 0.4) is 0 Å². The molecule has 6 nitrogen and oxygen atoms in total. The van der Waals surface area contributed by atoms with Crippen molar-refractivity contribution in [2.45, 2.75) is 52.8 Å². The predicted octanol–water partition coefficient (Wildman–Crippen LogP) is 3.44. The second-order valence-corrected chi connectivity index (χ2v) is 5.38. The van der Waals surface area contributed by atoms with Crippen LogP contribution in [0.5, 0.6) is 0 Å². The van der Waals surface area contributed by atoms with E-state index in [4.69, 9.17) is 4.52 Å². The Kier molecular flexibility index (Phi) is 12.7. The molecule has 0 fully saturated rings. The van der Waals surface area contributed by atoms with E-state index in [1.165, 1.54) is 0 Å². The molecule has 0 unspecified atom stereocenters. The van der Waals surface area contributed by atoms with Crippen LogP contribution in [0, 0.1) is 0 Å². The van der Waals surface area contributed by atoms with Crippen LogP contribution in [0.25, 0.3) is 0 Å². The molecule has 0 aliphatic heterocycles. The monoisotopic (exact) mass is 492 g/mol. The zero-order chi connectivity index (χ0) is 18.7. The van der Waals surface area contributed by atoms with E-state index in [-0.39, 0.29) is 30.6 Å². The summed E-state index contributed by atoms with van der Waals surface area (Å²) in [6.45, 7) is 6.36. The van der Waals surface area contributed by atoms with Crippen molar-refractivity contribution >= 4 is 29.9 Å². The summed E-state index contributed by atoms with van der Waals surface area (Å²) in [4.78, 5) is 4.50. The molecule has 0 spiro atoms. The lowest BCUT2D eigenvalue weighted by molar-refractivity contribution is -0.173. The van der Waals surface area contributed by atoms with Crippen molar-refractivity contribution in [3.8, 4) is 0 Å². The van der Waals surface area contributed by atoms with Crippen molar-refractivity contribution in [2.75, 3.05) is 26.3 Å². The highest BCUT2D eigenvalue weighted by Crippen LogP contribution is 2.17. The summed E-state index contributed by atoms with van der Waals surface area (Å²) in [5.41, 5.74) is 1.90. The number of nitrogens with one attached hydrogen (secondary N) is 2. The van der Waals surface area contributed by atoms with Gasteiger partial charge in [-0.15, -0.1) is 24.0 Å². The number of aromatic nitrogens is 1. The molecule has 1 heterocycles. The van der Waals surface area contributed by atoms with Crippen molar-refractivity contribution in [1.82, 2.24) is 15.8 Å². The van der Waals surface area contributed by atoms with Gasteiger partial charge in [0.05, 0.1) is 12.2 Å². The van der Waals surface area contributed by atoms with Gasteiger partial charge in [0.25, 0.3) is 0 Å². The van der Waals surface area contributed by atoms with E-state index >= 15 is 0 Å². The molecule has 0 saturated carbocycles. The average Bonchev–Trinajstić information content (AvgIpc) is 2.96. The lowest BCUT2D eigenvalue weighted by atomic mass is 10.1. The molecule has 152 valence electrons. The second-order valence-electron chi connectivity index (χ2n) is 5.38. The highest BCUT2D eigenvalue weighted by atomic mass is 127. The predicted molar refractivity (Wildman–Crippen MR) is 105 cm³/mol. The van der Waals surface area contributed by atoms with Crippen molar-refractivity contribution in [1.29, 1.82) is 0 Å². The van der Waals surface area contributed by atoms with E-state index < -0.39 is 12.8 Å². The number of halogens is 4. The van der Waals surface area contributed by atoms with Crippen LogP contribution in [0.2, 0.25) is 0 Å². The van der Waals surface area contributed by atoms with Gasteiger partial charge in [-0.1, -0.05) is 19.0 Å². The SMILES string of the molecule is CCNC(=NCc1c(CC)noc1CC)NCCCOCC(F)(F)F.I. The largest absolute Gasteiger partial charge is 0.411 e. The Morgan fingerprint density at radius 1 is 1.19 bits per heavy atom. The molecular formula is C16H28F3IN4O2. The van der Waals surface area contributed by atoms with E-state index in [1.807, 2.05) is 20.8 Å². The molecule has 26 heavy (non-hydrogen) atoms. The third-order valence-electron chi connectivity index (χ3n) is 3.37. The number of rotatable bonds is 10. The first kappa shape index (κ1) is 25.0. The van der Waals surface area contributed by atoms with Crippen LogP contribution in [-0.4, -0.2) is 43.6 Å². The summed E-state index contributed by atoms with van der Waals surface area (Å²) in [5.74, 6) is 1.43. The fraction of sp³-hybridized carbons (Fsp3) is 0.750. The summed E-state index contributed by atoms with van der Waals surface area (Å²) in [6.07, 6.45) is -2.31. The number of guanidine groups is 1. The van der Waals surface area contributed by atoms with E-state index in [0.29, 0.717) is 32.0 Å². The molecule has 0 amide bonds. The van der Waals surface area contributed by atoms with Crippen LogP contribution in [-0.2, 0) is 24.1 Å². The van der Waals surface area contributed by atoms with Gasteiger partial charge in [-0.3, -0.25) is 0 Å². The topological polar surface area (TPSA) is 71.7 Å². The third kappa shape index (κ3) is 9.60. The molecular weight excluding hydrogens is 464 g/mol. The van der Waals surface area contributed by atoms with Crippen LogP contribution < -0.4 is 10.6 Å². The van der Waals surface area contributed by atoms with E-state index in [9.17, 15) is 13.2 Å². The van der Waals surface area contributed by atoms with Crippen LogP contribution in [0.15, 0.2) is 9.52 Å². The molecule has 0 saturated heterocycles. The van der Waals surface area contributed by atoms with E-state index in [0.717, 1.165) is 29.9 Å². The van der Waals surface area contributed by atoms with Gasteiger partial charge in [-0.2, -0.15) is 13.2 Å². The summed E-state index contributed by atoms with van der Waals surface area (Å²) < 4.78 is 45.8. The normalized spacial score (nSPS) is 12.0. The number of aryl methyl sites for hydroxylation is 2. The van der Waals surface area contributed by atoms with Crippen LogP contribution in [0.4, 0.5) is 13.2 Å². The maximum atomic E-state index is 12.0. The van der Waals surface area contributed by atoms with Gasteiger partial charge in [-0.25, -0.2) is 4.99 Å². The smallest absolute Gasteiger partial charge is 0.372 e. The summed E-state index contributed by atoms with van der Waals surface area (Å²) in [7, 11) is 0. The number of hydrogen-bond donors (Lipinski definition) is 2. The van der Waals surface area contributed by atoms with E-state index in [1.54, 1.807) is 0 Å². The second kappa shape index (κ2) is 13.2. The fourth-order valence-electron chi connectivity index (χ4n) is 2.19. The third-order valence-corrected chi connectivity index (χ3v) is 3.37. The lowest BCUT2D eigenvalue weighted by Crippen LogP contribution is -2.38. The Morgan fingerprint density at radius 2 is 1.92 bits per heavy atom. The van der Waals surface area contributed by atoms with Crippen LogP contribution >= 0.6 is 24.0 Å². The summed E-state index contributed by atoms with van der Waals surface area (Å²) in [6, 6.07) is 0. The molecule has 0 radical (unpaired) electrons. The van der Waals surface area contributed by atoms with E-state index in [2.05, 4.69) is 25.5 Å². The summed E-state index contributed by atoms with van der Waals surface area (Å²) >= 11 is 0. The lowest BCUT2D eigenvalue weighted by Gasteiger charge is -2.12. The highest BCUT2D eigenvalue weighted by molar-refractivity contribution is 14.0. The molecule has 0 aliphatic carbocycles. The minimum atomic E-state index is -4.28. The molecule has 2 N–H and O–H groups in total. The van der Waals surface area contributed by atoms with Gasteiger partial charge in [-0.05, 0) is 19.8 Å². The molecule has 0 atom stereocenters. The minimum absolute atomic E-state index is 0. The first-order chi connectivity index (χ1) is 11.9. The fourth-order valence-corrected chi connectivity index (χ4v) is 2.19. The van der Waals surface area contributed by atoms with Gasteiger partial charge in [0.1, 0.15) is 12.4 Å².